The highest BCUT2D eigenvalue weighted by molar-refractivity contribution is 7.17. The van der Waals surface area contributed by atoms with Crippen molar-refractivity contribution in [3.63, 3.8) is 0 Å². The summed E-state index contributed by atoms with van der Waals surface area (Å²) in [5.41, 5.74) is 2.26. The largest absolute Gasteiger partial charge is 0.503 e. The Labute approximate surface area is 215 Å². The lowest BCUT2D eigenvalue weighted by atomic mass is 9.95. The Bertz CT molecular complexity index is 1300. The van der Waals surface area contributed by atoms with E-state index in [9.17, 15) is 14.7 Å². The molecule has 1 amide bonds. The zero-order valence-electron chi connectivity index (χ0n) is 20.6. The Kier molecular flexibility index (Phi) is 7.67. The molecule has 1 aliphatic rings. The van der Waals surface area contributed by atoms with Gasteiger partial charge in [-0.3, -0.25) is 9.59 Å². The number of thiazole rings is 1. The van der Waals surface area contributed by atoms with Crippen LogP contribution in [0.5, 0.6) is 5.75 Å². The molecule has 1 unspecified atom stereocenters. The first-order valence-corrected chi connectivity index (χ1v) is 12.4. The van der Waals surface area contributed by atoms with E-state index in [1.807, 2.05) is 61.5 Å². The number of hydrogen-bond acceptors (Lipinski definition) is 7. The number of carbonyl (C=O) groups is 2. The van der Waals surface area contributed by atoms with Gasteiger partial charge in [0.25, 0.3) is 5.91 Å². The highest BCUT2D eigenvalue weighted by Gasteiger charge is 2.44. The molecule has 0 spiro atoms. The van der Waals surface area contributed by atoms with Gasteiger partial charge < -0.3 is 19.6 Å². The van der Waals surface area contributed by atoms with Gasteiger partial charge in [-0.15, -0.1) is 11.3 Å². The molecular formula is C28H29N3O4S. The highest BCUT2D eigenvalue weighted by Crippen LogP contribution is 2.41. The van der Waals surface area contributed by atoms with Gasteiger partial charge in [0.1, 0.15) is 17.4 Å². The van der Waals surface area contributed by atoms with Gasteiger partial charge in [-0.2, -0.15) is 0 Å². The molecule has 8 heteroatoms. The zero-order valence-corrected chi connectivity index (χ0v) is 21.4. The van der Waals surface area contributed by atoms with Crippen LogP contribution < -0.4 is 4.74 Å². The van der Waals surface area contributed by atoms with E-state index < -0.39 is 17.7 Å². The molecule has 7 nitrogen and oxygen atoms in total. The molecule has 1 aliphatic heterocycles. The van der Waals surface area contributed by atoms with E-state index in [4.69, 9.17) is 4.74 Å². The summed E-state index contributed by atoms with van der Waals surface area (Å²) in [5.74, 6) is -0.801. The maximum absolute atomic E-state index is 13.9. The minimum absolute atomic E-state index is 0.0740. The smallest absolute Gasteiger partial charge is 0.290 e. The van der Waals surface area contributed by atoms with Gasteiger partial charge >= 0.3 is 0 Å². The number of ketones is 1. The predicted molar refractivity (Wildman–Crippen MR) is 141 cm³/mol. The van der Waals surface area contributed by atoms with E-state index in [0.29, 0.717) is 46.6 Å². The average molecular weight is 504 g/mol. The molecule has 4 rings (SSSR count). The van der Waals surface area contributed by atoms with Crippen molar-refractivity contribution >= 4 is 23.0 Å². The lowest BCUT2D eigenvalue weighted by Crippen LogP contribution is -2.36. The number of aliphatic hydroxyl groups excluding tert-OH is 1. The predicted octanol–water partition coefficient (Wildman–Crippen LogP) is 4.82. The van der Waals surface area contributed by atoms with Crippen LogP contribution in [0.3, 0.4) is 0 Å². The standard InChI is InChI=1S/C28H29N3O4S/c1-5-17-35-21-13-11-19(12-14-21)23-22(25(33)28(34)31(23)16-15-30(3)4)24(32)26-18(2)29-27(36-26)20-9-7-6-8-10-20/h5-14,23,33H,1,15-17H2,2-4H3. The van der Waals surface area contributed by atoms with Gasteiger partial charge in [0.05, 0.1) is 22.2 Å². The lowest BCUT2D eigenvalue weighted by molar-refractivity contribution is -0.129. The van der Waals surface area contributed by atoms with E-state index in [2.05, 4.69) is 11.6 Å². The third-order valence-corrected chi connectivity index (χ3v) is 7.13. The number of benzene rings is 2. The van der Waals surface area contributed by atoms with Crippen LogP contribution in [-0.4, -0.2) is 65.4 Å². The fourth-order valence-electron chi connectivity index (χ4n) is 4.11. The second-order valence-corrected chi connectivity index (χ2v) is 9.76. The summed E-state index contributed by atoms with van der Waals surface area (Å²) in [5, 5.41) is 11.7. The molecule has 2 heterocycles. The van der Waals surface area contributed by atoms with Gasteiger partial charge in [0.15, 0.2) is 5.76 Å². The Morgan fingerprint density at radius 2 is 1.89 bits per heavy atom. The SMILES string of the molecule is C=CCOc1ccc(C2C(C(=O)c3sc(-c4ccccc4)nc3C)=C(O)C(=O)N2CCN(C)C)cc1. The second-order valence-electron chi connectivity index (χ2n) is 8.76. The fraction of sp³-hybridized carbons (Fsp3) is 0.250. The monoisotopic (exact) mass is 503 g/mol. The second kappa shape index (κ2) is 10.9. The molecular weight excluding hydrogens is 474 g/mol. The third-order valence-electron chi connectivity index (χ3n) is 5.92. The van der Waals surface area contributed by atoms with Gasteiger partial charge in [-0.25, -0.2) is 4.98 Å². The summed E-state index contributed by atoms with van der Waals surface area (Å²) < 4.78 is 5.58. The number of ether oxygens (including phenoxy) is 1. The van der Waals surface area contributed by atoms with Crippen molar-refractivity contribution in [3.05, 3.63) is 94.7 Å². The van der Waals surface area contributed by atoms with Gasteiger partial charge in [-0.1, -0.05) is 55.1 Å². The van der Waals surface area contributed by atoms with Crippen molar-refractivity contribution in [2.75, 3.05) is 33.8 Å². The fourth-order valence-corrected chi connectivity index (χ4v) is 5.13. The molecule has 186 valence electrons. The van der Waals surface area contributed by atoms with Crippen LogP contribution in [0.25, 0.3) is 10.6 Å². The molecule has 0 saturated heterocycles. The van der Waals surface area contributed by atoms with Crippen molar-refractivity contribution in [3.8, 4) is 16.3 Å². The molecule has 1 aromatic heterocycles. The summed E-state index contributed by atoms with van der Waals surface area (Å²) in [6, 6.07) is 16.1. The molecule has 2 aromatic carbocycles. The van der Waals surface area contributed by atoms with Crippen LogP contribution in [0.2, 0.25) is 0 Å². The molecule has 36 heavy (non-hydrogen) atoms. The number of aliphatic hydroxyl groups is 1. The normalized spacial score (nSPS) is 15.6. The number of Topliss-reactive ketones (excluding diaryl/α,β-unsaturated/α-hetero) is 1. The minimum Gasteiger partial charge on any atom is -0.503 e. The van der Waals surface area contributed by atoms with Crippen LogP contribution >= 0.6 is 11.3 Å². The Morgan fingerprint density at radius 3 is 2.53 bits per heavy atom. The van der Waals surface area contributed by atoms with Crippen LogP contribution in [0.1, 0.15) is 27.0 Å². The van der Waals surface area contributed by atoms with Gasteiger partial charge in [0, 0.05) is 18.7 Å². The number of carbonyl (C=O) groups excluding carboxylic acids is 2. The number of aromatic nitrogens is 1. The van der Waals surface area contributed by atoms with Crippen LogP contribution in [-0.2, 0) is 4.79 Å². The van der Waals surface area contributed by atoms with Crippen LogP contribution in [0.15, 0.2) is 78.6 Å². The maximum Gasteiger partial charge on any atom is 0.290 e. The molecule has 0 aliphatic carbocycles. The summed E-state index contributed by atoms with van der Waals surface area (Å²) in [6.07, 6.45) is 1.66. The number of rotatable bonds is 10. The molecule has 0 bridgehead atoms. The number of hydrogen-bond donors (Lipinski definition) is 1. The summed E-state index contributed by atoms with van der Waals surface area (Å²) in [4.78, 5) is 35.6. The molecule has 1 atom stereocenters. The van der Waals surface area contributed by atoms with Gasteiger partial charge in [-0.05, 0) is 38.7 Å². The first-order chi connectivity index (χ1) is 17.3. The minimum atomic E-state index is -0.722. The first kappa shape index (κ1) is 25.3. The Hall–Kier alpha value is -3.75. The van der Waals surface area contributed by atoms with E-state index >= 15 is 0 Å². The average Bonchev–Trinajstić information content (AvgIpc) is 3.39. The highest BCUT2D eigenvalue weighted by atomic mass is 32.1. The van der Waals surface area contributed by atoms with Gasteiger partial charge in [0.2, 0.25) is 5.78 Å². The van der Waals surface area contributed by atoms with E-state index in [1.165, 1.54) is 11.3 Å². The number of nitrogens with zero attached hydrogens (tertiary/aromatic N) is 3. The zero-order chi connectivity index (χ0) is 25.8. The molecule has 1 N–H and O–H groups in total. The Morgan fingerprint density at radius 1 is 1.19 bits per heavy atom. The third kappa shape index (κ3) is 5.10. The maximum atomic E-state index is 13.9. The lowest BCUT2D eigenvalue weighted by Gasteiger charge is -2.28. The first-order valence-electron chi connectivity index (χ1n) is 11.6. The molecule has 0 radical (unpaired) electrons. The van der Waals surface area contributed by atoms with Crippen molar-refractivity contribution < 1.29 is 19.4 Å². The molecule has 0 saturated carbocycles. The number of aryl methyl sites for hydroxylation is 1. The van der Waals surface area contributed by atoms with Crippen molar-refractivity contribution in [1.29, 1.82) is 0 Å². The van der Waals surface area contributed by atoms with Crippen molar-refractivity contribution in [1.82, 2.24) is 14.8 Å². The van der Waals surface area contributed by atoms with Crippen molar-refractivity contribution in [2.24, 2.45) is 0 Å². The van der Waals surface area contributed by atoms with E-state index in [-0.39, 0.29) is 11.4 Å². The quantitative estimate of drug-likeness (QED) is 0.315. The number of likely N-dealkylation sites (N-methyl/N-ethyl adjacent to an activating group) is 1. The van der Waals surface area contributed by atoms with Crippen molar-refractivity contribution in [2.45, 2.75) is 13.0 Å². The van der Waals surface area contributed by atoms with E-state index in [0.717, 1.165) is 5.56 Å². The summed E-state index contributed by atoms with van der Waals surface area (Å²) >= 11 is 1.27. The topological polar surface area (TPSA) is 83.0 Å². The summed E-state index contributed by atoms with van der Waals surface area (Å²) in [6.45, 7) is 6.73. The van der Waals surface area contributed by atoms with Crippen LogP contribution in [0.4, 0.5) is 0 Å². The van der Waals surface area contributed by atoms with Crippen LogP contribution in [0, 0.1) is 6.92 Å². The molecule has 0 fully saturated rings. The summed E-state index contributed by atoms with van der Waals surface area (Å²) in [7, 11) is 3.82. The Balaban J connectivity index is 1.73. The molecule has 3 aromatic rings. The number of amides is 1. The van der Waals surface area contributed by atoms with E-state index in [1.54, 1.807) is 30.0 Å².